The van der Waals surface area contributed by atoms with Gasteiger partial charge in [-0.2, -0.15) is 0 Å². The summed E-state index contributed by atoms with van der Waals surface area (Å²) in [5.74, 6) is -0.732. The zero-order valence-electron chi connectivity index (χ0n) is 16.9. The van der Waals surface area contributed by atoms with E-state index in [0.29, 0.717) is 23.4 Å². The third kappa shape index (κ3) is 3.31. The highest BCUT2D eigenvalue weighted by molar-refractivity contribution is 6.10. The molecule has 0 radical (unpaired) electrons. The topological polar surface area (TPSA) is 57.6 Å². The third-order valence-electron chi connectivity index (χ3n) is 5.91. The number of carbonyl (C=O) groups excluding carboxylic acids is 2. The van der Waals surface area contributed by atoms with E-state index in [4.69, 9.17) is 0 Å². The van der Waals surface area contributed by atoms with Crippen LogP contribution in [0.3, 0.4) is 0 Å². The Morgan fingerprint density at radius 3 is 2.29 bits per heavy atom. The molecule has 0 fully saturated rings. The molecule has 0 aromatic heterocycles. The van der Waals surface area contributed by atoms with Crippen molar-refractivity contribution in [2.45, 2.75) is 18.6 Å². The van der Waals surface area contributed by atoms with E-state index in [0.717, 1.165) is 16.3 Å². The highest BCUT2D eigenvalue weighted by Gasteiger charge is 2.50. The fourth-order valence-electron chi connectivity index (χ4n) is 4.31. The number of hydrogen-bond donors (Lipinski definition) is 1. The molecule has 1 amide bonds. The van der Waals surface area contributed by atoms with Crippen molar-refractivity contribution in [1.29, 1.82) is 0 Å². The van der Waals surface area contributed by atoms with Crippen molar-refractivity contribution in [3.8, 4) is 0 Å². The van der Waals surface area contributed by atoms with Crippen LogP contribution in [0, 0.1) is 0 Å². The maximum atomic E-state index is 13.4. The minimum absolute atomic E-state index is 0.265. The highest BCUT2D eigenvalue weighted by Crippen LogP contribution is 2.43. The van der Waals surface area contributed by atoms with Crippen LogP contribution in [0.5, 0.6) is 0 Å². The van der Waals surface area contributed by atoms with Gasteiger partial charge in [0.25, 0.3) is 5.91 Å². The van der Waals surface area contributed by atoms with Crippen LogP contribution in [0.2, 0.25) is 0 Å². The summed E-state index contributed by atoms with van der Waals surface area (Å²) >= 11 is 0. The van der Waals surface area contributed by atoms with Gasteiger partial charge in [0.2, 0.25) is 0 Å². The molecule has 4 aromatic carbocycles. The number of fused-ring (bicyclic) bond motifs is 2. The average molecular weight is 407 g/mol. The molecule has 4 nitrogen and oxygen atoms in total. The Morgan fingerprint density at radius 2 is 1.48 bits per heavy atom. The molecule has 1 aliphatic heterocycles. The van der Waals surface area contributed by atoms with Gasteiger partial charge in [-0.05, 0) is 28.5 Å². The molecule has 0 aliphatic carbocycles. The fourth-order valence-corrected chi connectivity index (χ4v) is 4.31. The summed E-state index contributed by atoms with van der Waals surface area (Å²) in [6.45, 7) is 0.322. The fraction of sp³-hybridized carbons (Fsp3) is 0.111. The first-order chi connectivity index (χ1) is 15.1. The second-order valence-corrected chi connectivity index (χ2v) is 7.92. The minimum Gasteiger partial charge on any atom is -0.375 e. The van der Waals surface area contributed by atoms with E-state index < -0.39 is 11.5 Å². The number of nitrogens with zero attached hydrogens (tertiary/aromatic N) is 1. The van der Waals surface area contributed by atoms with Crippen molar-refractivity contribution in [2.24, 2.45) is 0 Å². The summed E-state index contributed by atoms with van der Waals surface area (Å²) < 4.78 is 0. The van der Waals surface area contributed by atoms with Gasteiger partial charge in [0.05, 0.1) is 18.7 Å². The van der Waals surface area contributed by atoms with E-state index >= 15 is 0 Å². The van der Waals surface area contributed by atoms with Crippen LogP contribution in [0.4, 0.5) is 5.69 Å². The summed E-state index contributed by atoms with van der Waals surface area (Å²) in [6.07, 6.45) is -0.291. The quantitative estimate of drug-likeness (QED) is 0.481. The van der Waals surface area contributed by atoms with Crippen LogP contribution >= 0.6 is 0 Å². The molecule has 1 heterocycles. The van der Waals surface area contributed by atoms with Gasteiger partial charge >= 0.3 is 0 Å². The Morgan fingerprint density at radius 1 is 0.806 bits per heavy atom. The Labute approximate surface area is 180 Å². The number of hydrogen-bond acceptors (Lipinski definition) is 3. The van der Waals surface area contributed by atoms with Crippen LogP contribution in [-0.2, 0) is 16.9 Å². The molecule has 0 saturated heterocycles. The number of ketones is 1. The Kier molecular flexibility index (Phi) is 4.64. The van der Waals surface area contributed by atoms with Crippen LogP contribution in [0.15, 0.2) is 97.1 Å². The molecule has 4 heteroatoms. The van der Waals surface area contributed by atoms with Crippen LogP contribution in [0.1, 0.15) is 27.9 Å². The Bertz CT molecular complexity index is 1300. The molecule has 0 bridgehead atoms. The van der Waals surface area contributed by atoms with Crippen LogP contribution < -0.4 is 4.90 Å². The molecule has 5 rings (SSSR count). The molecule has 1 aliphatic rings. The molecular formula is C27H21NO3. The Balaban J connectivity index is 1.49. The zero-order valence-corrected chi connectivity index (χ0v) is 16.9. The maximum Gasteiger partial charge on any atom is 0.264 e. The van der Waals surface area contributed by atoms with Crippen LogP contribution in [0.25, 0.3) is 10.8 Å². The van der Waals surface area contributed by atoms with Gasteiger partial charge in [0, 0.05) is 11.1 Å². The lowest BCUT2D eigenvalue weighted by Crippen LogP contribution is -2.41. The molecular weight excluding hydrogens is 386 g/mol. The first-order valence-corrected chi connectivity index (χ1v) is 10.3. The SMILES string of the molecule is O=C(CC1(O)C(=O)N(Cc2ccc3ccccc3c2)c2ccccc21)c1ccccc1. The molecule has 4 aromatic rings. The van der Waals surface area contributed by atoms with Gasteiger partial charge in [-0.1, -0.05) is 84.9 Å². The van der Waals surface area contributed by atoms with E-state index in [1.54, 1.807) is 41.3 Å². The van der Waals surface area contributed by atoms with Gasteiger partial charge in [0.15, 0.2) is 11.4 Å². The zero-order chi connectivity index (χ0) is 21.4. The standard InChI is InChI=1S/C27H21NO3/c29-25(21-9-2-1-3-10-21)17-27(31)23-12-6-7-13-24(23)28(26(27)30)18-19-14-15-20-8-4-5-11-22(20)16-19/h1-16,31H,17-18H2. The molecule has 0 saturated carbocycles. The molecule has 31 heavy (non-hydrogen) atoms. The lowest BCUT2D eigenvalue weighted by molar-refractivity contribution is -0.136. The predicted octanol–water partition coefficient (Wildman–Crippen LogP) is 4.85. The smallest absolute Gasteiger partial charge is 0.264 e. The number of anilines is 1. The summed E-state index contributed by atoms with van der Waals surface area (Å²) in [6, 6.07) is 30.1. The normalized spacial score (nSPS) is 17.7. The summed E-state index contributed by atoms with van der Waals surface area (Å²) in [4.78, 5) is 27.9. The minimum atomic E-state index is -1.87. The van der Waals surface area contributed by atoms with Crippen molar-refractivity contribution >= 4 is 28.2 Å². The van der Waals surface area contributed by atoms with Gasteiger partial charge in [0.1, 0.15) is 0 Å². The van der Waals surface area contributed by atoms with Crippen molar-refractivity contribution in [3.05, 3.63) is 114 Å². The molecule has 1 atom stereocenters. The second kappa shape index (κ2) is 7.49. The summed E-state index contributed by atoms with van der Waals surface area (Å²) in [5.41, 5.74) is 0.684. The van der Waals surface area contributed by atoms with E-state index in [1.807, 2.05) is 54.6 Å². The lowest BCUT2D eigenvalue weighted by atomic mass is 9.88. The van der Waals surface area contributed by atoms with Crippen molar-refractivity contribution in [2.75, 3.05) is 4.90 Å². The summed E-state index contributed by atoms with van der Waals surface area (Å²) in [7, 11) is 0. The van der Waals surface area contributed by atoms with E-state index in [-0.39, 0.29) is 12.2 Å². The number of Topliss-reactive ketones (excluding diaryl/α,β-unsaturated/α-hetero) is 1. The van der Waals surface area contributed by atoms with Crippen molar-refractivity contribution in [3.63, 3.8) is 0 Å². The molecule has 152 valence electrons. The number of para-hydroxylation sites is 1. The largest absolute Gasteiger partial charge is 0.375 e. The van der Waals surface area contributed by atoms with E-state index in [2.05, 4.69) is 6.07 Å². The summed E-state index contributed by atoms with van der Waals surface area (Å²) in [5, 5.41) is 13.7. The molecule has 0 spiro atoms. The predicted molar refractivity (Wildman–Crippen MR) is 121 cm³/mol. The third-order valence-corrected chi connectivity index (χ3v) is 5.91. The van der Waals surface area contributed by atoms with Crippen molar-refractivity contribution < 1.29 is 14.7 Å². The van der Waals surface area contributed by atoms with E-state index in [1.165, 1.54) is 0 Å². The molecule has 1 N–H and O–H groups in total. The first-order valence-electron chi connectivity index (χ1n) is 10.3. The Hall–Kier alpha value is -3.76. The number of rotatable bonds is 5. The van der Waals surface area contributed by atoms with E-state index in [9.17, 15) is 14.7 Å². The highest BCUT2D eigenvalue weighted by atomic mass is 16.3. The first kappa shape index (κ1) is 19.2. The number of carbonyl (C=O) groups is 2. The number of amides is 1. The van der Waals surface area contributed by atoms with Crippen LogP contribution in [-0.4, -0.2) is 16.8 Å². The van der Waals surface area contributed by atoms with Crippen molar-refractivity contribution in [1.82, 2.24) is 0 Å². The average Bonchev–Trinajstić information content (AvgIpc) is 3.01. The lowest BCUT2D eigenvalue weighted by Gasteiger charge is -2.23. The van der Waals surface area contributed by atoms with Gasteiger partial charge in [-0.3, -0.25) is 9.59 Å². The second-order valence-electron chi connectivity index (χ2n) is 7.92. The molecule has 1 unspecified atom stereocenters. The number of benzene rings is 4. The monoisotopic (exact) mass is 407 g/mol. The maximum absolute atomic E-state index is 13.4. The van der Waals surface area contributed by atoms with Gasteiger partial charge in [-0.25, -0.2) is 0 Å². The van der Waals surface area contributed by atoms with Gasteiger partial charge in [-0.15, -0.1) is 0 Å². The van der Waals surface area contributed by atoms with Gasteiger partial charge < -0.3 is 10.0 Å². The number of aliphatic hydroxyl groups is 1.